The molecule has 2 aliphatic rings. The molecule has 7 heteroatoms. The van der Waals surface area contributed by atoms with Crippen LogP contribution in [0.3, 0.4) is 0 Å². The molecule has 1 heterocycles. The highest BCUT2D eigenvalue weighted by Gasteiger charge is 2.28. The Labute approximate surface area is 122 Å². The van der Waals surface area contributed by atoms with E-state index in [-0.39, 0.29) is 17.7 Å². The fraction of sp³-hybridized carbons (Fsp3) is 0.667. The summed E-state index contributed by atoms with van der Waals surface area (Å²) in [5.74, 6) is 0.0618. The van der Waals surface area contributed by atoms with Gasteiger partial charge in [-0.25, -0.2) is 0 Å². The number of hydrazone groups is 1. The van der Waals surface area contributed by atoms with Gasteiger partial charge in [-0.15, -0.1) is 0 Å². The van der Waals surface area contributed by atoms with Gasteiger partial charge in [0.2, 0.25) is 11.8 Å². The van der Waals surface area contributed by atoms with Crippen molar-refractivity contribution < 1.29 is 9.59 Å². The minimum atomic E-state index is -0.112. The lowest BCUT2D eigenvalue weighted by atomic mass is 9.99. The highest BCUT2D eigenvalue weighted by atomic mass is 32.2. The second-order valence-corrected chi connectivity index (χ2v) is 6.25. The van der Waals surface area contributed by atoms with E-state index >= 15 is 0 Å². The van der Waals surface area contributed by atoms with Crippen LogP contribution in [0, 0.1) is 0 Å². The lowest BCUT2D eigenvalue weighted by molar-refractivity contribution is -0.137. The zero-order valence-electron chi connectivity index (χ0n) is 10.7. The van der Waals surface area contributed by atoms with E-state index in [1.54, 1.807) is 0 Å². The maximum atomic E-state index is 11.4. The van der Waals surface area contributed by atoms with Crippen LogP contribution in [-0.2, 0) is 9.59 Å². The molecule has 1 aliphatic carbocycles. The zero-order valence-corrected chi connectivity index (χ0v) is 12.3. The minimum absolute atomic E-state index is 0.112. The van der Waals surface area contributed by atoms with Crippen molar-refractivity contribution in [2.45, 2.75) is 44.9 Å². The molecule has 1 saturated heterocycles. The van der Waals surface area contributed by atoms with E-state index in [0.717, 1.165) is 18.6 Å². The number of carbonyl (C=O) groups excluding carboxylic acids is 2. The first-order chi connectivity index (χ1) is 9.16. The molecule has 1 aliphatic heterocycles. The van der Waals surface area contributed by atoms with Gasteiger partial charge in [0.25, 0.3) is 0 Å². The molecule has 1 saturated carbocycles. The number of imide groups is 1. The van der Waals surface area contributed by atoms with E-state index in [1.165, 1.54) is 35.9 Å². The van der Waals surface area contributed by atoms with Crippen molar-refractivity contribution >= 4 is 45.8 Å². The molecule has 2 fully saturated rings. The average molecular weight is 299 g/mol. The van der Waals surface area contributed by atoms with E-state index in [9.17, 15) is 9.59 Å². The molecular weight excluding hydrogens is 282 g/mol. The largest absolute Gasteiger partial charge is 0.274 e. The van der Waals surface area contributed by atoms with Crippen LogP contribution in [0.15, 0.2) is 5.10 Å². The molecule has 0 aromatic rings. The Kier molecular flexibility index (Phi) is 5.33. The van der Waals surface area contributed by atoms with E-state index < -0.39 is 0 Å². The Bertz CT molecular complexity index is 399. The number of nitrogens with one attached hydrogen (secondary N) is 1. The third kappa shape index (κ3) is 4.28. The van der Waals surface area contributed by atoms with Gasteiger partial charge < -0.3 is 0 Å². The number of likely N-dealkylation sites (tertiary alicyclic amines) is 1. The van der Waals surface area contributed by atoms with Gasteiger partial charge in [0.15, 0.2) is 4.32 Å². The molecule has 0 aromatic carbocycles. The third-order valence-corrected chi connectivity index (χ3v) is 4.40. The van der Waals surface area contributed by atoms with Crippen molar-refractivity contribution in [3.8, 4) is 0 Å². The Morgan fingerprint density at radius 1 is 1.16 bits per heavy atom. The van der Waals surface area contributed by atoms with Gasteiger partial charge in [0.1, 0.15) is 0 Å². The average Bonchev–Trinajstić information content (AvgIpc) is 2.75. The number of rotatable bonds is 3. The first-order valence-corrected chi connectivity index (χ1v) is 7.87. The summed E-state index contributed by atoms with van der Waals surface area (Å²) in [6.07, 6.45) is 6.36. The normalized spacial score (nSPS) is 19.8. The molecule has 0 spiro atoms. The van der Waals surface area contributed by atoms with Crippen LogP contribution in [-0.4, -0.2) is 32.6 Å². The lowest BCUT2D eigenvalue weighted by Crippen LogP contribution is -2.30. The van der Waals surface area contributed by atoms with Crippen LogP contribution in [0.2, 0.25) is 0 Å². The number of carbonyl (C=O) groups is 2. The summed E-state index contributed by atoms with van der Waals surface area (Å²) in [6.45, 7) is 0. The van der Waals surface area contributed by atoms with Crippen molar-refractivity contribution in [1.29, 1.82) is 0 Å². The summed E-state index contributed by atoms with van der Waals surface area (Å²) in [6, 6.07) is 0. The molecule has 0 bridgehead atoms. The Hall–Kier alpha value is -0.950. The summed E-state index contributed by atoms with van der Waals surface area (Å²) in [7, 11) is 0. The second kappa shape index (κ2) is 7.00. The van der Waals surface area contributed by atoms with Gasteiger partial charge in [-0.2, -0.15) is 5.10 Å². The van der Waals surface area contributed by atoms with Crippen LogP contribution in [0.1, 0.15) is 44.9 Å². The van der Waals surface area contributed by atoms with Gasteiger partial charge in [0, 0.05) is 18.6 Å². The molecule has 19 heavy (non-hydrogen) atoms. The Morgan fingerprint density at radius 2 is 1.79 bits per heavy atom. The predicted molar refractivity (Wildman–Crippen MR) is 79.8 cm³/mol. The Morgan fingerprint density at radius 3 is 2.42 bits per heavy atom. The monoisotopic (exact) mass is 299 g/mol. The topological polar surface area (TPSA) is 61.8 Å². The fourth-order valence-electron chi connectivity index (χ4n) is 2.12. The van der Waals surface area contributed by atoms with E-state index in [4.69, 9.17) is 12.2 Å². The standard InChI is InChI=1S/C12H17N3O2S2/c16-10-6-7-11(17)15(10)8-19-12(18)14-13-9-4-2-1-3-5-9/h1-8H2,(H,14,18). The third-order valence-electron chi connectivity index (χ3n) is 3.22. The molecular formula is C12H17N3O2S2. The molecule has 0 aromatic heterocycles. The van der Waals surface area contributed by atoms with Gasteiger partial charge in [-0.05, 0) is 25.7 Å². The molecule has 104 valence electrons. The maximum absolute atomic E-state index is 11.4. The van der Waals surface area contributed by atoms with Crippen LogP contribution >= 0.6 is 24.0 Å². The first-order valence-electron chi connectivity index (χ1n) is 6.48. The SMILES string of the molecule is O=C1CCC(=O)N1CSC(=S)NN=C1CCCCC1. The van der Waals surface area contributed by atoms with Crippen LogP contribution in [0.25, 0.3) is 0 Å². The molecule has 2 amide bonds. The van der Waals surface area contributed by atoms with E-state index in [1.807, 2.05) is 0 Å². The highest BCUT2D eigenvalue weighted by Crippen LogP contribution is 2.17. The van der Waals surface area contributed by atoms with Crippen LogP contribution in [0.4, 0.5) is 0 Å². The molecule has 5 nitrogen and oxygen atoms in total. The lowest BCUT2D eigenvalue weighted by Gasteiger charge is -2.14. The number of hydrogen-bond donors (Lipinski definition) is 1. The quantitative estimate of drug-likeness (QED) is 0.491. The van der Waals surface area contributed by atoms with Gasteiger partial charge in [0.05, 0.1) is 5.88 Å². The second-order valence-electron chi connectivity index (χ2n) is 4.63. The summed E-state index contributed by atoms with van der Waals surface area (Å²) in [5, 5.41) is 4.28. The van der Waals surface area contributed by atoms with Gasteiger partial charge in [-0.1, -0.05) is 30.4 Å². The van der Waals surface area contributed by atoms with Gasteiger partial charge >= 0.3 is 0 Å². The fourth-order valence-corrected chi connectivity index (χ4v) is 2.97. The molecule has 0 radical (unpaired) electrons. The number of nitrogens with zero attached hydrogens (tertiary/aromatic N) is 2. The number of thiocarbonyl (C=S) groups is 1. The summed E-state index contributed by atoms with van der Waals surface area (Å²) in [5.41, 5.74) is 3.99. The van der Waals surface area contributed by atoms with Crippen molar-refractivity contribution in [2.75, 3.05) is 5.88 Å². The molecule has 0 atom stereocenters. The smallest absolute Gasteiger partial charge is 0.230 e. The summed E-state index contributed by atoms with van der Waals surface area (Å²) in [4.78, 5) is 24.1. The Balaban J connectivity index is 1.72. The molecule has 2 rings (SSSR count). The van der Waals surface area contributed by atoms with Crippen molar-refractivity contribution in [3.05, 3.63) is 0 Å². The van der Waals surface area contributed by atoms with Crippen LogP contribution in [0.5, 0.6) is 0 Å². The number of thioether (sulfide) groups is 1. The van der Waals surface area contributed by atoms with E-state index in [2.05, 4.69) is 10.5 Å². The highest BCUT2D eigenvalue weighted by molar-refractivity contribution is 8.22. The number of amides is 2. The van der Waals surface area contributed by atoms with E-state index in [0.29, 0.717) is 17.2 Å². The summed E-state index contributed by atoms with van der Waals surface area (Å²) >= 11 is 6.40. The molecule has 1 N–H and O–H groups in total. The zero-order chi connectivity index (χ0) is 13.7. The molecule has 0 unspecified atom stereocenters. The maximum Gasteiger partial charge on any atom is 0.230 e. The van der Waals surface area contributed by atoms with Crippen LogP contribution < -0.4 is 5.43 Å². The summed E-state index contributed by atoms with van der Waals surface area (Å²) < 4.78 is 0.505. The number of hydrogen-bond acceptors (Lipinski definition) is 5. The van der Waals surface area contributed by atoms with Crippen molar-refractivity contribution in [2.24, 2.45) is 5.10 Å². The van der Waals surface area contributed by atoms with Gasteiger partial charge in [-0.3, -0.25) is 19.9 Å². The predicted octanol–water partition coefficient (Wildman–Crippen LogP) is 2.02. The minimum Gasteiger partial charge on any atom is -0.274 e. The van der Waals surface area contributed by atoms with Crippen molar-refractivity contribution in [3.63, 3.8) is 0 Å². The van der Waals surface area contributed by atoms with Crippen molar-refractivity contribution in [1.82, 2.24) is 10.3 Å². The first kappa shape index (κ1) is 14.5.